The smallest absolute Gasteiger partial charge is 0.249 e. The third kappa shape index (κ3) is 38.2. The minimum absolute atomic E-state index is 0.309. The predicted octanol–water partition coefficient (Wildman–Crippen LogP) is 13.9. The molecule has 7 N–H and O–H groups in total. The normalized spacial score (nSPS) is 19.9. The predicted molar refractivity (Wildman–Crippen MR) is 292 cm³/mol. The molecule has 8 unspecified atom stereocenters. The summed E-state index contributed by atoms with van der Waals surface area (Å²) in [6.07, 6.45) is 53.0. The zero-order valence-electron chi connectivity index (χ0n) is 45.7. The quantitative estimate of drug-likeness (QED) is 0.0232. The molecular formula is C60H115NO9. The van der Waals surface area contributed by atoms with Crippen molar-refractivity contribution in [2.75, 3.05) is 13.2 Å². The van der Waals surface area contributed by atoms with Crippen molar-refractivity contribution in [2.24, 2.45) is 0 Å². The lowest BCUT2D eigenvalue weighted by atomic mass is 9.99. The SMILES string of the molecule is CCCCCCCCCCCCC/C=C/CC/C=C/C(O)C(COC1OC(CO)C(O)C(O)C1O)NC(=O)C(O)CCCCCCCCCCCCCCCCCCCCCCCCCCCCCC. The zero-order valence-corrected chi connectivity index (χ0v) is 45.7. The highest BCUT2D eigenvalue weighted by Crippen LogP contribution is 2.23. The van der Waals surface area contributed by atoms with E-state index in [1.807, 2.05) is 6.08 Å². The van der Waals surface area contributed by atoms with E-state index < -0.39 is 61.5 Å². The number of aliphatic hydroxyl groups is 6. The lowest BCUT2D eigenvalue weighted by Crippen LogP contribution is -2.60. The lowest BCUT2D eigenvalue weighted by molar-refractivity contribution is -0.302. The highest BCUT2D eigenvalue weighted by atomic mass is 16.7. The average Bonchev–Trinajstić information content (AvgIpc) is 3.36. The van der Waals surface area contributed by atoms with Crippen molar-refractivity contribution in [1.29, 1.82) is 0 Å². The molecule has 0 radical (unpaired) electrons. The number of carbonyl (C=O) groups excluding carboxylic acids is 1. The Hall–Kier alpha value is -1.37. The molecule has 0 aromatic carbocycles. The highest BCUT2D eigenvalue weighted by Gasteiger charge is 2.44. The fourth-order valence-corrected chi connectivity index (χ4v) is 9.77. The molecule has 0 saturated carbocycles. The molecular weight excluding hydrogens is 879 g/mol. The summed E-state index contributed by atoms with van der Waals surface area (Å²) in [5, 5.41) is 65.0. The van der Waals surface area contributed by atoms with Gasteiger partial charge in [-0.05, 0) is 32.1 Å². The Morgan fingerprint density at radius 1 is 0.486 bits per heavy atom. The van der Waals surface area contributed by atoms with Crippen molar-refractivity contribution in [2.45, 2.75) is 339 Å². The molecule has 10 nitrogen and oxygen atoms in total. The summed E-state index contributed by atoms with van der Waals surface area (Å²) in [5.41, 5.74) is 0. The molecule has 1 amide bonds. The maximum Gasteiger partial charge on any atom is 0.249 e. The van der Waals surface area contributed by atoms with Crippen molar-refractivity contribution in [3.8, 4) is 0 Å². The van der Waals surface area contributed by atoms with Gasteiger partial charge in [0.25, 0.3) is 0 Å². The van der Waals surface area contributed by atoms with Crippen molar-refractivity contribution in [3.63, 3.8) is 0 Å². The van der Waals surface area contributed by atoms with Crippen molar-refractivity contribution in [1.82, 2.24) is 5.32 Å². The Kier molecular flexibility index (Phi) is 47.4. The van der Waals surface area contributed by atoms with E-state index in [0.29, 0.717) is 12.8 Å². The molecule has 1 heterocycles. The second-order valence-electron chi connectivity index (χ2n) is 21.3. The van der Waals surface area contributed by atoms with Crippen LogP contribution >= 0.6 is 0 Å². The molecule has 0 aromatic rings. The van der Waals surface area contributed by atoms with Crippen LogP contribution in [-0.2, 0) is 14.3 Å². The summed E-state index contributed by atoms with van der Waals surface area (Å²) in [6, 6.07) is -0.994. The zero-order chi connectivity index (χ0) is 51.0. The van der Waals surface area contributed by atoms with E-state index in [4.69, 9.17) is 9.47 Å². The second-order valence-corrected chi connectivity index (χ2v) is 21.3. The fraction of sp³-hybridized carbons (Fsp3) is 0.917. The fourth-order valence-electron chi connectivity index (χ4n) is 9.77. The Bertz CT molecular complexity index is 1170. The monoisotopic (exact) mass is 994 g/mol. The first-order valence-electron chi connectivity index (χ1n) is 30.2. The Morgan fingerprint density at radius 3 is 1.24 bits per heavy atom. The van der Waals surface area contributed by atoms with Crippen LogP contribution in [-0.4, -0.2) is 98.7 Å². The van der Waals surface area contributed by atoms with Gasteiger partial charge in [0.1, 0.15) is 30.5 Å². The Labute approximate surface area is 431 Å². The number of amides is 1. The molecule has 1 aliphatic heterocycles. The average molecular weight is 995 g/mol. The molecule has 0 aromatic heterocycles. The molecule has 1 saturated heterocycles. The minimum atomic E-state index is -1.61. The standard InChI is InChI=1S/C60H115NO9/c1-3-5-7-9-11-13-15-17-19-21-22-23-24-25-26-27-28-29-30-31-33-35-37-39-41-43-45-47-49-54(64)59(68)61-52(51-69-60-58(67)57(66)56(65)55(50-62)70-60)53(63)48-46-44-42-40-38-36-34-32-20-18-16-14-12-10-8-6-4-2/h38,40,46,48,52-58,60,62-67H,3-37,39,41-45,47,49-51H2,1-2H3,(H,61,68)/b40-38+,48-46+. The molecule has 70 heavy (non-hydrogen) atoms. The molecule has 1 fully saturated rings. The summed E-state index contributed by atoms with van der Waals surface area (Å²) in [7, 11) is 0. The summed E-state index contributed by atoms with van der Waals surface area (Å²) >= 11 is 0. The van der Waals surface area contributed by atoms with E-state index in [9.17, 15) is 35.4 Å². The first-order chi connectivity index (χ1) is 34.3. The topological polar surface area (TPSA) is 169 Å². The second kappa shape index (κ2) is 49.8. The summed E-state index contributed by atoms with van der Waals surface area (Å²) in [5.74, 6) is -0.620. The highest BCUT2D eigenvalue weighted by molar-refractivity contribution is 5.80. The molecule has 0 spiro atoms. The van der Waals surface area contributed by atoms with E-state index in [-0.39, 0.29) is 6.61 Å². The van der Waals surface area contributed by atoms with Gasteiger partial charge in [0.05, 0.1) is 25.4 Å². The number of hydrogen-bond acceptors (Lipinski definition) is 9. The molecule has 10 heteroatoms. The molecule has 0 bridgehead atoms. The number of hydrogen-bond donors (Lipinski definition) is 7. The first kappa shape index (κ1) is 66.6. The van der Waals surface area contributed by atoms with Gasteiger partial charge in [-0.15, -0.1) is 0 Å². The van der Waals surface area contributed by atoms with Crippen LogP contribution in [0.2, 0.25) is 0 Å². The van der Waals surface area contributed by atoms with Crippen LogP contribution in [0.5, 0.6) is 0 Å². The van der Waals surface area contributed by atoms with Crippen LogP contribution in [0.3, 0.4) is 0 Å². The van der Waals surface area contributed by atoms with Gasteiger partial charge < -0.3 is 45.4 Å². The third-order valence-corrected chi connectivity index (χ3v) is 14.6. The van der Waals surface area contributed by atoms with Gasteiger partial charge in [-0.25, -0.2) is 0 Å². The van der Waals surface area contributed by atoms with Crippen LogP contribution in [0.25, 0.3) is 0 Å². The molecule has 1 aliphatic rings. The summed E-state index contributed by atoms with van der Waals surface area (Å²) in [4.78, 5) is 13.1. The number of ether oxygens (including phenoxy) is 2. The maximum atomic E-state index is 13.1. The number of rotatable bonds is 52. The van der Waals surface area contributed by atoms with Crippen LogP contribution in [0.15, 0.2) is 24.3 Å². The van der Waals surface area contributed by atoms with Gasteiger partial charge in [0, 0.05) is 0 Å². The minimum Gasteiger partial charge on any atom is -0.394 e. The van der Waals surface area contributed by atoms with Crippen molar-refractivity contribution in [3.05, 3.63) is 24.3 Å². The summed E-state index contributed by atoms with van der Waals surface area (Å²) < 4.78 is 11.2. The van der Waals surface area contributed by atoms with E-state index >= 15 is 0 Å². The van der Waals surface area contributed by atoms with Crippen LogP contribution in [0.4, 0.5) is 0 Å². The number of allylic oxidation sites excluding steroid dienone is 3. The molecule has 0 aliphatic carbocycles. The number of unbranched alkanes of at least 4 members (excludes halogenated alkanes) is 39. The van der Waals surface area contributed by atoms with Gasteiger partial charge in [-0.3, -0.25) is 4.79 Å². The maximum absolute atomic E-state index is 13.1. The van der Waals surface area contributed by atoms with Gasteiger partial charge in [0.15, 0.2) is 6.29 Å². The van der Waals surface area contributed by atoms with Gasteiger partial charge in [0.2, 0.25) is 5.91 Å². The Balaban J connectivity index is 2.22. The summed E-state index contributed by atoms with van der Waals surface area (Å²) in [6.45, 7) is 3.63. The van der Waals surface area contributed by atoms with Crippen molar-refractivity contribution >= 4 is 5.91 Å². The van der Waals surface area contributed by atoms with E-state index in [2.05, 4.69) is 31.3 Å². The van der Waals surface area contributed by atoms with Gasteiger partial charge in [-0.2, -0.15) is 0 Å². The largest absolute Gasteiger partial charge is 0.394 e. The van der Waals surface area contributed by atoms with Gasteiger partial charge >= 0.3 is 0 Å². The van der Waals surface area contributed by atoms with E-state index in [0.717, 1.165) is 38.5 Å². The van der Waals surface area contributed by atoms with Crippen LogP contribution < -0.4 is 5.32 Å². The Morgan fingerprint density at radius 2 is 0.843 bits per heavy atom. The molecule has 414 valence electrons. The molecule has 1 rings (SSSR count). The van der Waals surface area contributed by atoms with Gasteiger partial charge in [-0.1, -0.05) is 282 Å². The molecule has 8 atom stereocenters. The van der Waals surface area contributed by atoms with E-state index in [1.54, 1.807) is 6.08 Å². The van der Waals surface area contributed by atoms with E-state index in [1.165, 1.54) is 225 Å². The lowest BCUT2D eigenvalue weighted by Gasteiger charge is -2.40. The number of nitrogens with one attached hydrogen (secondary N) is 1. The van der Waals surface area contributed by atoms with Crippen LogP contribution in [0, 0.1) is 0 Å². The third-order valence-electron chi connectivity index (χ3n) is 14.6. The first-order valence-corrected chi connectivity index (χ1v) is 30.2. The van der Waals surface area contributed by atoms with Crippen LogP contribution in [0.1, 0.15) is 290 Å². The number of carbonyl (C=O) groups is 1. The van der Waals surface area contributed by atoms with Crippen molar-refractivity contribution < 1.29 is 44.9 Å². The number of aliphatic hydroxyl groups excluding tert-OH is 6.